The van der Waals surface area contributed by atoms with E-state index in [1.165, 1.54) is 0 Å². The van der Waals surface area contributed by atoms with E-state index >= 15 is 0 Å². The minimum atomic E-state index is 0.122. The van der Waals surface area contributed by atoms with E-state index in [-0.39, 0.29) is 18.1 Å². The highest BCUT2D eigenvalue weighted by molar-refractivity contribution is 7.10. The van der Waals surface area contributed by atoms with E-state index in [1.54, 1.807) is 17.5 Å². The van der Waals surface area contributed by atoms with E-state index in [4.69, 9.17) is 4.74 Å². The Morgan fingerprint density at radius 1 is 1.23 bits per heavy atom. The van der Waals surface area contributed by atoms with Crippen LogP contribution >= 0.6 is 11.3 Å². The summed E-state index contributed by atoms with van der Waals surface area (Å²) in [6.07, 6.45) is 6.29. The molecule has 0 spiro atoms. The predicted octanol–water partition coefficient (Wildman–Crippen LogP) is 3.19. The molecule has 1 N–H and O–H groups in total. The molecule has 0 saturated heterocycles. The fourth-order valence-corrected chi connectivity index (χ4v) is 3.47. The molecule has 1 fully saturated rings. The quantitative estimate of drug-likeness (QED) is 0.921. The first kappa shape index (κ1) is 15.0. The van der Waals surface area contributed by atoms with Crippen LogP contribution in [0.4, 0.5) is 0 Å². The lowest BCUT2D eigenvalue weighted by Gasteiger charge is -2.29. The SMILES string of the molecule is O=C(Cc1cccs1)NC1CCC(Oc2ccccn2)CC1. The predicted molar refractivity (Wildman–Crippen MR) is 87.1 cm³/mol. The van der Waals surface area contributed by atoms with Gasteiger partial charge in [-0.1, -0.05) is 12.1 Å². The monoisotopic (exact) mass is 316 g/mol. The average molecular weight is 316 g/mol. The zero-order valence-corrected chi connectivity index (χ0v) is 13.2. The van der Waals surface area contributed by atoms with E-state index in [9.17, 15) is 4.79 Å². The minimum absolute atomic E-state index is 0.122. The molecule has 0 unspecified atom stereocenters. The maximum absolute atomic E-state index is 12.0. The summed E-state index contributed by atoms with van der Waals surface area (Å²) in [5.41, 5.74) is 0. The Kier molecular flexibility index (Phi) is 5.06. The van der Waals surface area contributed by atoms with Crippen molar-refractivity contribution in [2.75, 3.05) is 0 Å². The molecule has 22 heavy (non-hydrogen) atoms. The smallest absolute Gasteiger partial charge is 0.225 e. The van der Waals surface area contributed by atoms with Crippen LogP contribution in [0.1, 0.15) is 30.6 Å². The average Bonchev–Trinajstić information content (AvgIpc) is 3.03. The van der Waals surface area contributed by atoms with Crippen molar-refractivity contribution < 1.29 is 9.53 Å². The molecule has 1 saturated carbocycles. The molecule has 5 heteroatoms. The Hall–Kier alpha value is -1.88. The Morgan fingerprint density at radius 2 is 2.09 bits per heavy atom. The normalized spacial score (nSPS) is 21.3. The number of aromatic nitrogens is 1. The van der Waals surface area contributed by atoms with Crippen LogP contribution in [0, 0.1) is 0 Å². The molecule has 2 aromatic heterocycles. The number of ether oxygens (including phenoxy) is 1. The second kappa shape index (κ2) is 7.40. The van der Waals surface area contributed by atoms with Crippen LogP contribution in [-0.4, -0.2) is 23.0 Å². The second-order valence-corrected chi connectivity index (χ2v) is 6.62. The molecule has 0 atom stereocenters. The zero-order valence-electron chi connectivity index (χ0n) is 12.4. The molecule has 116 valence electrons. The number of amides is 1. The van der Waals surface area contributed by atoms with Crippen LogP contribution in [-0.2, 0) is 11.2 Å². The summed E-state index contributed by atoms with van der Waals surface area (Å²) in [6, 6.07) is 9.95. The highest BCUT2D eigenvalue weighted by Gasteiger charge is 2.23. The molecular weight excluding hydrogens is 296 g/mol. The number of hydrogen-bond acceptors (Lipinski definition) is 4. The van der Waals surface area contributed by atoms with Crippen LogP contribution in [0.5, 0.6) is 5.88 Å². The third kappa shape index (κ3) is 4.31. The molecule has 2 heterocycles. The summed E-state index contributed by atoms with van der Waals surface area (Å²) in [4.78, 5) is 17.3. The number of nitrogens with one attached hydrogen (secondary N) is 1. The molecule has 1 aliphatic carbocycles. The van der Waals surface area contributed by atoms with Crippen molar-refractivity contribution in [2.24, 2.45) is 0 Å². The lowest BCUT2D eigenvalue weighted by atomic mass is 9.93. The highest BCUT2D eigenvalue weighted by atomic mass is 32.1. The van der Waals surface area contributed by atoms with Gasteiger partial charge in [-0.2, -0.15) is 0 Å². The fourth-order valence-electron chi connectivity index (χ4n) is 2.76. The molecule has 0 aliphatic heterocycles. The van der Waals surface area contributed by atoms with Gasteiger partial charge >= 0.3 is 0 Å². The molecule has 1 aliphatic rings. The van der Waals surface area contributed by atoms with Gasteiger partial charge in [0.25, 0.3) is 0 Å². The van der Waals surface area contributed by atoms with Gasteiger partial charge in [0.15, 0.2) is 0 Å². The topological polar surface area (TPSA) is 51.2 Å². The van der Waals surface area contributed by atoms with E-state index in [0.717, 1.165) is 30.6 Å². The van der Waals surface area contributed by atoms with Crippen molar-refractivity contribution in [3.63, 3.8) is 0 Å². The summed E-state index contributed by atoms with van der Waals surface area (Å²) in [5.74, 6) is 0.809. The number of rotatable bonds is 5. The number of nitrogens with zero attached hydrogens (tertiary/aromatic N) is 1. The third-order valence-corrected chi connectivity index (χ3v) is 4.76. The van der Waals surface area contributed by atoms with Gasteiger partial charge in [0.1, 0.15) is 6.10 Å². The van der Waals surface area contributed by atoms with Crippen LogP contribution < -0.4 is 10.1 Å². The van der Waals surface area contributed by atoms with Gasteiger partial charge in [-0.05, 0) is 43.2 Å². The summed E-state index contributed by atoms with van der Waals surface area (Å²) < 4.78 is 5.87. The summed E-state index contributed by atoms with van der Waals surface area (Å²) >= 11 is 1.63. The van der Waals surface area contributed by atoms with Crippen molar-refractivity contribution >= 4 is 17.2 Å². The zero-order chi connectivity index (χ0) is 15.2. The Bertz CT molecular complexity index is 578. The van der Waals surface area contributed by atoms with E-state index < -0.39 is 0 Å². The second-order valence-electron chi connectivity index (χ2n) is 5.58. The summed E-state index contributed by atoms with van der Waals surface area (Å²) in [7, 11) is 0. The maximum Gasteiger partial charge on any atom is 0.225 e. The molecule has 0 bridgehead atoms. The lowest BCUT2D eigenvalue weighted by molar-refractivity contribution is -0.121. The van der Waals surface area contributed by atoms with Gasteiger partial charge in [0.05, 0.1) is 6.42 Å². The standard InChI is InChI=1S/C17H20N2O2S/c20-16(12-15-4-3-11-22-15)19-13-6-8-14(9-7-13)21-17-5-1-2-10-18-17/h1-5,10-11,13-14H,6-9,12H2,(H,19,20). The van der Waals surface area contributed by atoms with Crippen LogP contribution in [0.25, 0.3) is 0 Å². The molecule has 4 nitrogen and oxygen atoms in total. The first-order valence-corrected chi connectivity index (χ1v) is 8.57. The van der Waals surface area contributed by atoms with Crippen molar-refractivity contribution in [1.29, 1.82) is 0 Å². The largest absolute Gasteiger partial charge is 0.474 e. The molecule has 1 amide bonds. The Labute approximate surface area is 134 Å². The van der Waals surface area contributed by atoms with Gasteiger partial charge in [0.2, 0.25) is 11.8 Å². The van der Waals surface area contributed by atoms with E-state index in [0.29, 0.717) is 12.3 Å². The number of pyridine rings is 1. The van der Waals surface area contributed by atoms with E-state index in [1.807, 2.05) is 35.7 Å². The number of carbonyl (C=O) groups excluding carboxylic acids is 1. The van der Waals surface area contributed by atoms with Crippen LogP contribution in [0.2, 0.25) is 0 Å². The lowest BCUT2D eigenvalue weighted by Crippen LogP contribution is -2.40. The first-order chi connectivity index (χ1) is 10.8. The molecule has 2 aromatic rings. The van der Waals surface area contributed by atoms with Gasteiger partial charge in [-0.15, -0.1) is 11.3 Å². The number of hydrogen-bond donors (Lipinski definition) is 1. The van der Waals surface area contributed by atoms with E-state index in [2.05, 4.69) is 10.3 Å². The highest BCUT2D eigenvalue weighted by Crippen LogP contribution is 2.23. The van der Waals surface area contributed by atoms with Crippen molar-refractivity contribution in [2.45, 2.75) is 44.2 Å². The number of thiophene rings is 1. The van der Waals surface area contributed by atoms with Crippen molar-refractivity contribution in [3.05, 3.63) is 46.8 Å². The van der Waals surface area contributed by atoms with Crippen molar-refractivity contribution in [3.8, 4) is 5.88 Å². The molecular formula is C17H20N2O2S. The van der Waals surface area contributed by atoms with Gasteiger partial charge < -0.3 is 10.1 Å². The van der Waals surface area contributed by atoms with Crippen molar-refractivity contribution in [1.82, 2.24) is 10.3 Å². The van der Waals surface area contributed by atoms with Gasteiger partial charge in [-0.3, -0.25) is 4.79 Å². The Morgan fingerprint density at radius 3 is 2.77 bits per heavy atom. The summed E-state index contributed by atoms with van der Waals surface area (Å²) in [5, 5.41) is 5.14. The van der Waals surface area contributed by atoms with Crippen LogP contribution in [0.15, 0.2) is 41.9 Å². The minimum Gasteiger partial charge on any atom is -0.474 e. The fraction of sp³-hybridized carbons (Fsp3) is 0.412. The van der Waals surface area contributed by atoms with Gasteiger partial charge in [0, 0.05) is 23.2 Å². The molecule has 0 radical (unpaired) electrons. The molecule has 3 rings (SSSR count). The van der Waals surface area contributed by atoms with Gasteiger partial charge in [-0.25, -0.2) is 4.98 Å². The number of carbonyl (C=O) groups is 1. The van der Waals surface area contributed by atoms with Crippen LogP contribution in [0.3, 0.4) is 0 Å². The third-order valence-electron chi connectivity index (χ3n) is 3.88. The first-order valence-electron chi connectivity index (χ1n) is 7.69. The maximum atomic E-state index is 12.0. The summed E-state index contributed by atoms with van der Waals surface area (Å²) in [6.45, 7) is 0. The Balaban J connectivity index is 1.41. The molecule has 0 aromatic carbocycles.